The second-order valence-corrected chi connectivity index (χ2v) is 10.2. The average molecular weight is 529 g/mol. The van der Waals surface area contributed by atoms with E-state index in [9.17, 15) is 32.5 Å². The minimum atomic E-state index is -4.34. The number of carbonyl (C=O) groups is 2. The third-order valence-corrected chi connectivity index (χ3v) is 7.36. The molecule has 0 N–H and O–H groups in total. The quantitative estimate of drug-likeness (QED) is 0.181. The number of nitro benzene ring substituents is 1. The number of benzene rings is 3. The number of nitro groups is 1. The summed E-state index contributed by atoms with van der Waals surface area (Å²) in [6, 6.07) is 15.0. The molecular formula is C24H17FN2O7S2. The van der Waals surface area contributed by atoms with Gasteiger partial charge in [-0.05, 0) is 54.6 Å². The Labute approximate surface area is 209 Å². The van der Waals surface area contributed by atoms with Gasteiger partial charge in [0, 0.05) is 17.2 Å². The molecule has 0 atom stereocenters. The molecule has 1 aliphatic rings. The van der Waals surface area contributed by atoms with E-state index in [1.54, 1.807) is 6.07 Å². The highest BCUT2D eigenvalue weighted by atomic mass is 32.2. The molecule has 1 heterocycles. The largest absolute Gasteiger partial charge is 0.379 e. The number of hydrogen-bond acceptors (Lipinski definition) is 8. The fraction of sp³-hybridized carbons (Fsp3) is 0.0833. The summed E-state index contributed by atoms with van der Waals surface area (Å²) in [4.78, 5) is 36.1. The van der Waals surface area contributed by atoms with Crippen LogP contribution in [0.5, 0.6) is 5.75 Å². The zero-order valence-corrected chi connectivity index (χ0v) is 20.2. The topological polar surface area (TPSA) is 124 Å². The van der Waals surface area contributed by atoms with E-state index >= 15 is 0 Å². The Kier molecular flexibility index (Phi) is 6.91. The maximum absolute atomic E-state index is 13.9. The monoisotopic (exact) mass is 528 g/mol. The van der Waals surface area contributed by atoms with E-state index in [-0.39, 0.29) is 33.3 Å². The zero-order valence-electron chi connectivity index (χ0n) is 18.6. The van der Waals surface area contributed by atoms with Crippen molar-refractivity contribution in [1.82, 2.24) is 4.90 Å². The zero-order chi connectivity index (χ0) is 26.0. The Bertz CT molecular complexity index is 1520. The first-order chi connectivity index (χ1) is 17.0. The van der Waals surface area contributed by atoms with Crippen molar-refractivity contribution >= 4 is 44.8 Å². The summed E-state index contributed by atoms with van der Waals surface area (Å²) in [5, 5.41) is 10.6. The molecule has 1 saturated heterocycles. The second kappa shape index (κ2) is 9.91. The van der Waals surface area contributed by atoms with Gasteiger partial charge in [-0.1, -0.05) is 36.4 Å². The van der Waals surface area contributed by atoms with Crippen molar-refractivity contribution in [3.63, 3.8) is 0 Å². The summed E-state index contributed by atoms with van der Waals surface area (Å²) in [5.74, 6) is -1.15. The summed E-state index contributed by atoms with van der Waals surface area (Å²) in [6.45, 7) is 1.29. The lowest BCUT2D eigenvalue weighted by Gasteiger charge is -2.12. The molecule has 1 fully saturated rings. The van der Waals surface area contributed by atoms with E-state index in [4.69, 9.17) is 4.18 Å². The van der Waals surface area contributed by atoms with Gasteiger partial charge in [0.05, 0.1) is 16.4 Å². The van der Waals surface area contributed by atoms with Gasteiger partial charge in [0.1, 0.15) is 16.5 Å². The Morgan fingerprint density at radius 2 is 1.78 bits per heavy atom. The SMILES string of the molecule is Cc1ccc(S(=O)(=O)Oc2ccc(C=C3SC(=O)N(Cc4ccccc4F)C3=O)cc2)cc1[N+](=O)[O-]. The molecule has 184 valence electrons. The van der Waals surface area contributed by atoms with Gasteiger partial charge in [0.2, 0.25) is 0 Å². The highest BCUT2D eigenvalue weighted by Crippen LogP contribution is 2.34. The van der Waals surface area contributed by atoms with Gasteiger partial charge in [0.25, 0.3) is 16.8 Å². The Morgan fingerprint density at radius 1 is 1.08 bits per heavy atom. The smallest absolute Gasteiger partial charge is 0.339 e. The number of aryl methyl sites for hydroxylation is 1. The molecule has 0 bridgehead atoms. The molecule has 0 saturated carbocycles. The highest BCUT2D eigenvalue weighted by Gasteiger charge is 2.35. The van der Waals surface area contributed by atoms with Crippen molar-refractivity contribution in [2.45, 2.75) is 18.4 Å². The number of thioether (sulfide) groups is 1. The third kappa shape index (κ3) is 5.29. The van der Waals surface area contributed by atoms with E-state index in [0.29, 0.717) is 22.9 Å². The van der Waals surface area contributed by atoms with Gasteiger partial charge in [0.15, 0.2) is 0 Å². The molecule has 3 aromatic carbocycles. The number of halogens is 1. The van der Waals surface area contributed by atoms with Gasteiger partial charge < -0.3 is 4.18 Å². The Morgan fingerprint density at radius 3 is 2.44 bits per heavy atom. The number of rotatable bonds is 7. The van der Waals surface area contributed by atoms with Crippen molar-refractivity contribution in [3.05, 3.63) is 104 Å². The summed E-state index contributed by atoms with van der Waals surface area (Å²) in [6.07, 6.45) is 1.45. The predicted octanol–water partition coefficient (Wildman–Crippen LogP) is 5.05. The molecular weight excluding hydrogens is 511 g/mol. The first-order valence-corrected chi connectivity index (χ1v) is 12.6. The minimum absolute atomic E-state index is 0.0527. The summed E-state index contributed by atoms with van der Waals surface area (Å²) in [7, 11) is -4.34. The van der Waals surface area contributed by atoms with Crippen LogP contribution in [0.4, 0.5) is 14.9 Å². The maximum Gasteiger partial charge on any atom is 0.339 e. The molecule has 4 rings (SSSR count). The third-order valence-electron chi connectivity index (χ3n) is 5.21. The number of imide groups is 1. The molecule has 36 heavy (non-hydrogen) atoms. The van der Waals surface area contributed by atoms with Crippen LogP contribution in [0.25, 0.3) is 6.08 Å². The fourth-order valence-corrected chi connectivity index (χ4v) is 5.11. The van der Waals surface area contributed by atoms with Crippen LogP contribution in [-0.4, -0.2) is 29.4 Å². The van der Waals surface area contributed by atoms with Crippen LogP contribution in [0.15, 0.2) is 76.5 Å². The normalized spacial score (nSPS) is 14.9. The summed E-state index contributed by atoms with van der Waals surface area (Å²) in [5.41, 5.74) is 0.658. The molecule has 0 spiro atoms. The fourth-order valence-electron chi connectivity index (χ4n) is 3.32. The van der Waals surface area contributed by atoms with E-state index in [2.05, 4.69) is 0 Å². The van der Waals surface area contributed by atoms with E-state index in [0.717, 1.165) is 11.0 Å². The molecule has 12 heteroatoms. The second-order valence-electron chi connectivity index (χ2n) is 7.67. The molecule has 0 unspecified atom stereocenters. The Hall–Kier alpha value is -4.03. The number of amides is 2. The maximum atomic E-state index is 13.9. The van der Waals surface area contributed by atoms with Crippen LogP contribution in [-0.2, 0) is 21.5 Å². The van der Waals surface area contributed by atoms with E-state index in [1.165, 1.54) is 67.6 Å². The average Bonchev–Trinajstić information content (AvgIpc) is 3.08. The van der Waals surface area contributed by atoms with Crippen molar-refractivity contribution < 1.29 is 31.5 Å². The molecule has 1 aliphatic heterocycles. The van der Waals surface area contributed by atoms with Crippen molar-refractivity contribution in [2.24, 2.45) is 0 Å². The highest BCUT2D eigenvalue weighted by molar-refractivity contribution is 8.18. The van der Waals surface area contributed by atoms with Crippen LogP contribution >= 0.6 is 11.8 Å². The van der Waals surface area contributed by atoms with Gasteiger partial charge in [-0.3, -0.25) is 24.6 Å². The van der Waals surface area contributed by atoms with Crippen LogP contribution in [0.2, 0.25) is 0 Å². The van der Waals surface area contributed by atoms with Crippen LogP contribution in [0.1, 0.15) is 16.7 Å². The first kappa shape index (κ1) is 25.1. The Balaban J connectivity index is 1.49. The van der Waals surface area contributed by atoms with Crippen LogP contribution in [0, 0.1) is 22.9 Å². The van der Waals surface area contributed by atoms with E-state index < -0.39 is 32.0 Å². The van der Waals surface area contributed by atoms with Gasteiger partial charge >= 0.3 is 10.1 Å². The molecule has 0 aliphatic carbocycles. The lowest BCUT2D eigenvalue weighted by molar-refractivity contribution is -0.385. The first-order valence-electron chi connectivity index (χ1n) is 10.3. The number of hydrogen-bond donors (Lipinski definition) is 0. The van der Waals surface area contributed by atoms with Crippen LogP contribution < -0.4 is 4.18 Å². The van der Waals surface area contributed by atoms with Gasteiger partial charge in [-0.25, -0.2) is 4.39 Å². The van der Waals surface area contributed by atoms with E-state index in [1.807, 2.05) is 0 Å². The van der Waals surface area contributed by atoms with Crippen molar-refractivity contribution in [2.75, 3.05) is 0 Å². The molecule has 9 nitrogen and oxygen atoms in total. The molecule has 0 radical (unpaired) electrons. The molecule has 0 aromatic heterocycles. The van der Waals surface area contributed by atoms with Gasteiger partial charge in [-0.15, -0.1) is 0 Å². The number of carbonyl (C=O) groups excluding carboxylic acids is 2. The van der Waals surface area contributed by atoms with Crippen molar-refractivity contribution in [3.8, 4) is 5.75 Å². The number of nitrogens with zero attached hydrogens (tertiary/aromatic N) is 2. The predicted molar refractivity (Wildman–Crippen MR) is 130 cm³/mol. The van der Waals surface area contributed by atoms with Gasteiger partial charge in [-0.2, -0.15) is 8.42 Å². The summed E-state index contributed by atoms with van der Waals surface area (Å²) >= 11 is 0.712. The van der Waals surface area contributed by atoms with Crippen molar-refractivity contribution in [1.29, 1.82) is 0 Å². The molecule has 3 aromatic rings. The lowest BCUT2D eigenvalue weighted by Crippen LogP contribution is -2.27. The lowest BCUT2D eigenvalue weighted by atomic mass is 10.2. The minimum Gasteiger partial charge on any atom is -0.379 e. The standard InChI is InChI=1S/C24H17FN2O7S2/c1-15-6-11-19(13-21(15)27(30)31)36(32,33)34-18-9-7-16(8-10-18)12-22-23(28)26(24(29)35-22)14-17-4-2-3-5-20(17)25/h2-13H,14H2,1H3. The van der Waals surface area contributed by atoms with Crippen LogP contribution in [0.3, 0.4) is 0 Å². The molecule has 2 amide bonds. The summed E-state index contributed by atoms with van der Waals surface area (Å²) < 4.78 is 44.1.